The van der Waals surface area contributed by atoms with Crippen LogP contribution in [0.5, 0.6) is 17.2 Å². The summed E-state index contributed by atoms with van der Waals surface area (Å²) in [6.07, 6.45) is 0.899. The number of hydrogen-bond donors (Lipinski definition) is 1. The maximum Gasteiger partial charge on any atom is 0.161 e. The van der Waals surface area contributed by atoms with Gasteiger partial charge in [0.25, 0.3) is 0 Å². The number of benzene rings is 2. The highest BCUT2D eigenvalue weighted by atomic mass is 16.5. The number of hydrogen-bond acceptors (Lipinski definition) is 4. The third kappa shape index (κ3) is 2.37. The Morgan fingerprint density at radius 2 is 1.76 bits per heavy atom. The van der Waals surface area contributed by atoms with Crippen molar-refractivity contribution in [2.24, 2.45) is 0 Å². The van der Waals surface area contributed by atoms with Crippen molar-refractivity contribution in [3.63, 3.8) is 0 Å². The highest BCUT2D eigenvalue weighted by Crippen LogP contribution is 2.37. The van der Waals surface area contributed by atoms with Gasteiger partial charge < -0.3 is 19.5 Å². The molecule has 108 valence electrons. The van der Waals surface area contributed by atoms with Gasteiger partial charge >= 0.3 is 0 Å². The summed E-state index contributed by atoms with van der Waals surface area (Å²) >= 11 is 0. The second kappa shape index (κ2) is 5.20. The van der Waals surface area contributed by atoms with E-state index in [0.717, 1.165) is 41.5 Å². The second-order valence-electron chi connectivity index (χ2n) is 5.24. The Labute approximate surface area is 123 Å². The zero-order valence-electron chi connectivity index (χ0n) is 11.7. The molecule has 0 saturated heterocycles. The summed E-state index contributed by atoms with van der Waals surface area (Å²) in [5.74, 6) is 2.52. The number of fused-ring (bicyclic) bond motifs is 2. The predicted molar refractivity (Wildman–Crippen MR) is 80.3 cm³/mol. The Morgan fingerprint density at radius 1 is 0.905 bits per heavy atom. The number of ether oxygens (including phenoxy) is 3. The quantitative estimate of drug-likeness (QED) is 0.870. The molecule has 1 unspecified atom stereocenters. The fourth-order valence-electron chi connectivity index (χ4n) is 2.68. The van der Waals surface area contributed by atoms with Crippen LogP contribution in [0.25, 0.3) is 0 Å². The van der Waals surface area contributed by atoms with Gasteiger partial charge in [-0.05, 0) is 29.8 Å². The lowest BCUT2D eigenvalue weighted by atomic mass is 10.1. The summed E-state index contributed by atoms with van der Waals surface area (Å²) in [6.45, 7) is 2.15. The average Bonchev–Trinajstić information content (AvgIpc) is 2.79. The Kier molecular flexibility index (Phi) is 3.07. The number of anilines is 1. The molecule has 2 aromatic carbocycles. The van der Waals surface area contributed by atoms with E-state index in [1.807, 2.05) is 42.5 Å². The van der Waals surface area contributed by atoms with E-state index in [2.05, 4.69) is 5.32 Å². The van der Waals surface area contributed by atoms with Gasteiger partial charge in [0.1, 0.15) is 11.9 Å². The van der Waals surface area contributed by atoms with Crippen LogP contribution in [0.3, 0.4) is 0 Å². The SMILES string of the molecule is c1ccc2c(c1)NCC(c1ccc3c(c1)OCCCO3)O2. The monoisotopic (exact) mass is 283 g/mol. The smallest absolute Gasteiger partial charge is 0.161 e. The van der Waals surface area contributed by atoms with Gasteiger partial charge in [-0.1, -0.05) is 18.2 Å². The first-order valence-electron chi connectivity index (χ1n) is 7.29. The first kappa shape index (κ1) is 12.4. The third-order valence-electron chi connectivity index (χ3n) is 3.78. The van der Waals surface area contributed by atoms with Crippen LogP contribution in [0.1, 0.15) is 18.1 Å². The van der Waals surface area contributed by atoms with E-state index in [1.165, 1.54) is 0 Å². The summed E-state index contributed by atoms with van der Waals surface area (Å²) in [5, 5.41) is 3.41. The van der Waals surface area contributed by atoms with Crippen molar-refractivity contribution in [1.29, 1.82) is 0 Å². The molecule has 4 nitrogen and oxygen atoms in total. The van der Waals surface area contributed by atoms with Crippen molar-refractivity contribution >= 4 is 5.69 Å². The lowest BCUT2D eigenvalue weighted by Crippen LogP contribution is -2.23. The molecule has 2 heterocycles. The van der Waals surface area contributed by atoms with Crippen molar-refractivity contribution in [2.45, 2.75) is 12.5 Å². The van der Waals surface area contributed by atoms with E-state index >= 15 is 0 Å². The van der Waals surface area contributed by atoms with E-state index in [0.29, 0.717) is 13.2 Å². The minimum absolute atomic E-state index is 0.0166. The van der Waals surface area contributed by atoms with E-state index in [1.54, 1.807) is 0 Å². The van der Waals surface area contributed by atoms with Gasteiger partial charge in [-0.2, -0.15) is 0 Å². The molecule has 4 rings (SSSR count). The molecule has 0 amide bonds. The maximum atomic E-state index is 6.08. The third-order valence-corrected chi connectivity index (χ3v) is 3.78. The number of rotatable bonds is 1. The van der Waals surface area contributed by atoms with E-state index in [4.69, 9.17) is 14.2 Å². The summed E-state index contributed by atoms with van der Waals surface area (Å²) in [7, 11) is 0. The average molecular weight is 283 g/mol. The fourth-order valence-corrected chi connectivity index (χ4v) is 2.68. The summed E-state index contributed by atoms with van der Waals surface area (Å²) in [4.78, 5) is 0. The molecular weight excluding hydrogens is 266 g/mol. The highest BCUT2D eigenvalue weighted by Gasteiger charge is 2.22. The van der Waals surface area contributed by atoms with Crippen LogP contribution in [0, 0.1) is 0 Å². The van der Waals surface area contributed by atoms with Crippen molar-refractivity contribution in [3.05, 3.63) is 48.0 Å². The van der Waals surface area contributed by atoms with Gasteiger partial charge in [0.15, 0.2) is 11.5 Å². The minimum atomic E-state index is -0.0166. The van der Waals surface area contributed by atoms with Gasteiger partial charge in [0, 0.05) is 6.42 Å². The van der Waals surface area contributed by atoms with Crippen LogP contribution in [0.2, 0.25) is 0 Å². The molecule has 2 aromatic rings. The van der Waals surface area contributed by atoms with E-state index < -0.39 is 0 Å². The van der Waals surface area contributed by atoms with E-state index in [-0.39, 0.29) is 6.10 Å². The molecule has 0 bridgehead atoms. The first-order valence-corrected chi connectivity index (χ1v) is 7.29. The zero-order chi connectivity index (χ0) is 14.1. The van der Waals surface area contributed by atoms with Crippen molar-refractivity contribution in [1.82, 2.24) is 0 Å². The van der Waals surface area contributed by atoms with Crippen LogP contribution >= 0.6 is 0 Å². The lowest BCUT2D eigenvalue weighted by Gasteiger charge is -2.28. The van der Waals surface area contributed by atoms with Crippen LogP contribution in [-0.2, 0) is 0 Å². The topological polar surface area (TPSA) is 39.7 Å². The summed E-state index contributed by atoms with van der Waals surface area (Å²) in [5.41, 5.74) is 2.14. The molecule has 1 atom stereocenters. The first-order chi connectivity index (χ1) is 10.4. The Morgan fingerprint density at radius 3 is 2.71 bits per heavy atom. The fraction of sp³-hybridized carbons (Fsp3) is 0.294. The molecule has 2 aliphatic rings. The van der Waals surface area contributed by atoms with Crippen molar-refractivity contribution in [3.8, 4) is 17.2 Å². The minimum Gasteiger partial charge on any atom is -0.490 e. The summed E-state index contributed by atoms with van der Waals surface area (Å²) in [6, 6.07) is 14.0. The molecule has 2 aliphatic heterocycles. The highest BCUT2D eigenvalue weighted by molar-refractivity contribution is 5.58. The molecule has 0 fully saturated rings. The van der Waals surface area contributed by atoms with Crippen molar-refractivity contribution in [2.75, 3.05) is 25.1 Å². The molecule has 0 aromatic heterocycles. The second-order valence-corrected chi connectivity index (χ2v) is 5.24. The predicted octanol–water partition coefficient (Wildman–Crippen LogP) is 3.39. The van der Waals surface area contributed by atoms with Crippen LogP contribution in [0.15, 0.2) is 42.5 Å². The zero-order valence-corrected chi connectivity index (χ0v) is 11.7. The van der Waals surface area contributed by atoms with E-state index in [9.17, 15) is 0 Å². The van der Waals surface area contributed by atoms with Gasteiger partial charge in [0.05, 0.1) is 25.4 Å². The van der Waals surface area contributed by atoms with Gasteiger partial charge in [0.2, 0.25) is 0 Å². The Bertz CT molecular complexity index is 656. The van der Waals surface area contributed by atoms with Gasteiger partial charge in [-0.25, -0.2) is 0 Å². The van der Waals surface area contributed by atoms with Crippen molar-refractivity contribution < 1.29 is 14.2 Å². The molecule has 0 aliphatic carbocycles. The van der Waals surface area contributed by atoms with Gasteiger partial charge in [-0.15, -0.1) is 0 Å². The molecule has 0 saturated carbocycles. The Balaban J connectivity index is 1.61. The molecule has 21 heavy (non-hydrogen) atoms. The lowest BCUT2D eigenvalue weighted by molar-refractivity contribution is 0.209. The molecule has 1 N–H and O–H groups in total. The molecule has 0 radical (unpaired) electrons. The molecule has 4 heteroatoms. The maximum absolute atomic E-state index is 6.08. The number of para-hydroxylation sites is 2. The van der Waals surface area contributed by atoms with Crippen LogP contribution < -0.4 is 19.5 Å². The van der Waals surface area contributed by atoms with Crippen LogP contribution in [0.4, 0.5) is 5.69 Å². The van der Waals surface area contributed by atoms with Gasteiger partial charge in [-0.3, -0.25) is 0 Å². The normalized spacial score (nSPS) is 19.7. The number of nitrogens with one attached hydrogen (secondary N) is 1. The van der Waals surface area contributed by atoms with Crippen LogP contribution in [-0.4, -0.2) is 19.8 Å². The standard InChI is InChI=1S/C17H17NO3/c1-2-5-14-13(4-1)18-11-17(21-14)12-6-7-15-16(10-12)20-9-3-8-19-15/h1-2,4-7,10,17-18H,3,8-9,11H2. The molecule has 0 spiro atoms. The largest absolute Gasteiger partial charge is 0.490 e. The Hall–Kier alpha value is -2.36. The molecular formula is C17H17NO3. The summed E-state index contributed by atoms with van der Waals surface area (Å²) < 4.78 is 17.5.